The lowest BCUT2D eigenvalue weighted by atomic mass is 10.1. The highest BCUT2D eigenvalue weighted by Crippen LogP contribution is 2.20. The second kappa shape index (κ2) is 7.94. The first kappa shape index (κ1) is 18.7. The minimum absolute atomic E-state index is 0.117. The highest BCUT2D eigenvalue weighted by atomic mass is 35.5. The molecule has 0 aliphatic carbocycles. The number of amides is 1. The Morgan fingerprint density at radius 3 is 2.60 bits per heavy atom. The summed E-state index contributed by atoms with van der Waals surface area (Å²) in [5.74, 6) is -2.87. The van der Waals surface area contributed by atoms with Gasteiger partial charge < -0.3 is 15.8 Å². The number of anilines is 1. The Bertz CT molecular complexity index is 814. The first-order valence-corrected chi connectivity index (χ1v) is 7.62. The normalized spacial score (nSPS) is 11.7. The van der Waals surface area contributed by atoms with Crippen molar-refractivity contribution in [2.75, 3.05) is 12.3 Å². The Balaban J connectivity index is 1.91. The lowest BCUT2D eigenvalue weighted by molar-refractivity contribution is -0.124. The fourth-order valence-electron chi connectivity index (χ4n) is 2.10. The maximum absolute atomic E-state index is 13.7. The van der Waals surface area contributed by atoms with Gasteiger partial charge in [-0.05, 0) is 31.2 Å². The Labute approximate surface area is 147 Å². The predicted molar refractivity (Wildman–Crippen MR) is 89.1 cm³/mol. The van der Waals surface area contributed by atoms with Crippen molar-refractivity contribution in [3.05, 3.63) is 64.2 Å². The van der Waals surface area contributed by atoms with Crippen LogP contribution in [0.4, 0.5) is 14.5 Å². The van der Waals surface area contributed by atoms with E-state index in [1.807, 2.05) is 0 Å². The van der Waals surface area contributed by atoms with Crippen molar-refractivity contribution >= 4 is 29.2 Å². The zero-order chi connectivity index (χ0) is 18.6. The largest absolute Gasteiger partial charge is 0.452 e. The van der Waals surface area contributed by atoms with E-state index in [-0.39, 0.29) is 16.8 Å². The standard InChI is InChI=1S/C17H15ClF2N2O3/c1-9(12-4-3-11(19)7-14(12)20)22-16(23)8-25-17(24)10-2-5-13(18)15(21)6-10/h2-7,9H,8,21H2,1H3,(H,22,23)/t9-/m1/s1. The first-order valence-electron chi connectivity index (χ1n) is 7.24. The second-order valence-corrected chi connectivity index (χ2v) is 5.67. The van der Waals surface area contributed by atoms with E-state index in [2.05, 4.69) is 5.32 Å². The van der Waals surface area contributed by atoms with Crippen LogP contribution in [0, 0.1) is 11.6 Å². The molecule has 0 aliphatic rings. The quantitative estimate of drug-likeness (QED) is 0.627. The van der Waals surface area contributed by atoms with E-state index < -0.39 is 36.2 Å². The molecule has 2 aromatic carbocycles. The number of hydrogen-bond donors (Lipinski definition) is 2. The van der Waals surface area contributed by atoms with E-state index in [1.165, 1.54) is 31.2 Å². The van der Waals surface area contributed by atoms with Crippen LogP contribution in [-0.2, 0) is 9.53 Å². The topological polar surface area (TPSA) is 81.4 Å². The minimum Gasteiger partial charge on any atom is -0.452 e. The summed E-state index contributed by atoms with van der Waals surface area (Å²) < 4.78 is 31.4. The van der Waals surface area contributed by atoms with Crippen molar-refractivity contribution in [3.63, 3.8) is 0 Å². The van der Waals surface area contributed by atoms with Crippen molar-refractivity contribution in [2.45, 2.75) is 13.0 Å². The molecular weight excluding hydrogens is 354 g/mol. The highest BCUT2D eigenvalue weighted by molar-refractivity contribution is 6.33. The lowest BCUT2D eigenvalue weighted by Gasteiger charge is -2.15. The number of ether oxygens (including phenoxy) is 1. The smallest absolute Gasteiger partial charge is 0.338 e. The van der Waals surface area contributed by atoms with Gasteiger partial charge in [-0.2, -0.15) is 0 Å². The number of nitrogens with two attached hydrogens (primary N) is 1. The summed E-state index contributed by atoms with van der Waals surface area (Å²) in [6.07, 6.45) is 0. The molecule has 0 saturated carbocycles. The number of halogens is 3. The molecule has 0 unspecified atom stereocenters. The first-order chi connectivity index (χ1) is 11.8. The van der Waals surface area contributed by atoms with E-state index in [0.717, 1.165) is 12.1 Å². The molecule has 132 valence electrons. The van der Waals surface area contributed by atoms with Crippen LogP contribution in [0.2, 0.25) is 5.02 Å². The molecule has 2 aromatic rings. The summed E-state index contributed by atoms with van der Waals surface area (Å²) in [6.45, 7) is 0.963. The van der Waals surface area contributed by atoms with Gasteiger partial charge in [0.05, 0.1) is 22.3 Å². The van der Waals surface area contributed by atoms with Gasteiger partial charge in [0.25, 0.3) is 5.91 Å². The Morgan fingerprint density at radius 2 is 1.96 bits per heavy atom. The Kier molecular flexibility index (Phi) is 5.93. The van der Waals surface area contributed by atoms with Gasteiger partial charge in [-0.1, -0.05) is 17.7 Å². The average Bonchev–Trinajstić information content (AvgIpc) is 2.55. The van der Waals surface area contributed by atoms with Crippen LogP contribution in [0.15, 0.2) is 36.4 Å². The van der Waals surface area contributed by atoms with Crippen LogP contribution >= 0.6 is 11.6 Å². The molecule has 0 fully saturated rings. The van der Waals surface area contributed by atoms with Crippen LogP contribution in [0.25, 0.3) is 0 Å². The zero-order valence-electron chi connectivity index (χ0n) is 13.2. The van der Waals surface area contributed by atoms with Crippen LogP contribution in [0.1, 0.15) is 28.9 Å². The summed E-state index contributed by atoms with van der Waals surface area (Å²) in [5, 5.41) is 2.76. The molecule has 1 amide bonds. The van der Waals surface area contributed by atoms with Gasteiger partial charge in [-0.25, -0.2) is 13.6 Å². The van der Waals surface area contributed by atoms with Crippen molar-refractivity contribution in [1.82, 2.24) is 5.32 Å². The zero-order valence-corrected chi connectivity index (χ0v) is 13.9. The maximum Gasteiger partial charge on any atom is 0.338 e. The average molecular weight is 369 g/mol. The lowest BCUT2D eigenvalue weighted by Crippen LogP contribution is -2.31. The van der Waals surface area contributed by atoms with E-state index in [9.17, 15) is 18.4 Å². The molecule has 0 spiro atoms. The Morgan fingerprint density at radius 1 is 1.24 bits per heavy atom. The van der Waals surface area contributed by atoms with E-state index in [4.69, 9.17) is 22.1 Å². The van der Waals surface area contributed by atoms with E-state index in [1.54, 1.807) is 0 Å². The van der Waals surface area contributed by atoms with Gasteiger partial charge in [0.2, 0.25) is 0 Å². The Hall–Kier alpha value is -2.67. The van der Waals surface area contributed by atoms with Crippen LogP contribution in [-0.4, -0.2) is 18.5 Å². The number of nitrogen functional groups attached to an aromatic ring is 1. The monoisotopic (exact) mass is 368 g/mol. The summed E-state index contributed by atoms with van der Waals surface area (Å²) in [7, 11) is 0. The summed E-state index contributed by atoms with van der Waals surface area (Å²) in [5.41, 5.74) is 6.06. The molecule has 0 aliphatic heterocycles. The van der Waals surface area contributed by atoms with Crippen LogP contribution in [0.5, 0.6) is 0 Å². The van der Waals surface area contributed by atoms with Gasteiger partial charge in [0.15, 0.2) is 6.61 Å². The van der Waals surface area contributed by atoms with Crippen molar-refractivity contribution in [2.24, 2.45) is 0 Å². The van der Waals surface area contributed by atoms with Gasteiger partial charge in [-0.3, -0.25) is 4.79 Å². The molecule has 8 heteroatoms. The minimum atomic E-state index is -0.776. The number of carbonyl (C=O) groups excluding carboxylic acids is 2. The number of nitrogens with one attached hydrogen (secondary N) is 1. The maximum atomic E-state index is 13.7. The van der Waals surface area contributed by atoms with Crippen molar-refractivity contribution < 1.29 is 23.1 Å². The molecule has 2 rings (SSSR count). The molecular formula is C17H15ClF2N2O3. The van der Waals surface area contributed by atoms with Crippen molar-refractivity contribution in [3.8, 4) is 0 Å². The van der Waals surface area contributed by atoms with Gasteiger partial charge in [-0.15, -0.1) is 0 Å². The van der Waals surface area contributed by atoms with Gasteiger partial charge >= 0.3 is 5.97 Å². The summed E-state index contributed by atoms with van der Waals surface area (Å²) in [6, 6.07) is 6.51. The highest BCUT2D eigenvalue weighted by Gasteiger charge is 2.16. The molecule has 3 N–H and O–H groups in total. The fraction of sp³-hybridized carbons (Fsp3) is 0.176. The number of esters is 1. The molecule has 0 saturated heterocycles. The van der Waals surface area contributed by atoms with Gasteiger partial charge in [0.1, 0.15) is 11.6 Å². The van der Waals surface area contributed by atoms with Crippen LogP contribution in [0.3, 0.4) is 0 Å². The molecule has 5 nitrogen and oxygen atoms in total. The van der Waals surface area contributed by atoms with E-state index >= 15 is 0 Å². The number of benzene rings is 2. The molecule has 25 heavy (non-hydrogen) atoms. The molecule has 0 aromatic heterocycles. The van der Waals surface area contributed by atoms with Crippen LogP contribution < -0.4 is 11.1 Å². The fourth-order valence-corrected chi connectivity index (χ4v) is 2.22. The SMILES string of the molecule is C[C@@H](NC(=O)COC(=O)c1ccc(Cl)c(N)c1)c1ccc(F)cc1F. The molecule has 1 atom stereocenters. The predicted octanol–water partition coefficient (Wildman–Crippen LogP) is 3.23. The number of rotatable bonds is 5. The third-order valence-electron chi connectivity index (χ3n) is 3.37. The third kappa shape index (κ3) is 4.90. The second-order valence-electron chi connectivity index (χ2n) is 5.27. The van der Waals surface area contributed by atoms with Crippen molar-refractivity contribution in [1.29, 1.82) is 0 Å². The van der Waals surface area contributed by atoms with E-state index in [0.29, 0.717) is 5.02 Å². The summed E-state index contributed by atoms with van der Waals surface area (Å²) >= 11 is 5.76. The molecule has 0 bridgehead atoms. The number of hydrogen-bond acceptors (Lipinski definition) is 4. The number of carbonyl (C=O) groups is 2. The molecule has 0 radical (unpaired) electrons. The third-order valence-corrected chi connectivity index (χ3v) is 3.72. The summed E-state index contributed by atoms with van der Waals surface area (Å²) in [4.78, 5) is 23.7. The van der Waals surface area contributed by atoms with Gasteiger partial charge in [0, 0.05) is 11.6 Å². The molecule has 0 heterocycles.